The molecule has 1 unspecified atom stereocenters. The van der Waals surface area contributed by atoms with Gasteiger partial charge in [0, 0.05) is 33.0 Å². The number of carbonyl (C=O) groups excluding carboxylic acids is 1. The van der Waals surface area contributed by atoms with Crippen LogP contribution in [0.5, 0.6) is 0 Å². The Hall–Kier alpha value is -4.02. The molecule has 41 heavy (non-hydrogen) atoms. The quantitative estimate of drug-likeness (QED) is 0.117. The summed E-state index contributed by atoms with van der Waals surface area (Å²) in [5.74, 6) is -0.606. The lowest BCUT2D eigenvalue weighted by Gasteiger charge is -2.29. The number of carbonyl (C=O) groups is 2. The largest absolute Gasteiger partial charge is 0.465 e. The van der Waals surface area contributed by atoms with Gasteiger partial charge in [0.25, 0.3) is 0 Å². The number of rotatable bonds is 15. The predicted molar refractivity (Wildman–Crippen MR) is 165 cm³/mol. The van der Waals surface area contributed by atoms with E-state index in [1.54, 1.807) is 36.2 Å². The summed E-state index contributed by atoms with van der Waals surface area (Å²) in [4.78, 5) is 31.1. The number of benzene rings is 1. The SMILES string of the molecule is C=CC[C@@H](c1cc(-c2c(NC(=O)C(C)C=C)cnn2COCC[Si](C)(C)C)ccn1)N(Cc1ccccc1)C(=O)O. The van der Waals surface area contributed by atoms with Gasteiger partial charge in [-0.2, -0.15) is 5.10 Å². The normalized spacial score (nSPS) is 12.8. The lowest BCUT2D eigenvalue weighted by Crippen LogP contribution is -2.33. The topological polar surface area (TPSA) is 110 Å². The Morgan fingerprint density at radius 3 is 2.56 bits per heavy atom. The highest BCUT2D eigenvalue weighted by Gasteiger charge is 2.27. The second kappa shape index (κ2) is 14.6. The van der Waals surface area contributed by atoms with E-state index in [0.717, 1.165) is 17.2 Å². The van der Waals surface area contributed by atoms with Crippen molar-refractivity contribution in [2.75, 3.05) is 11.9 Å². The van der Waals surface area contributed by atoms with Crippen molar-refractivity contribution in [2.24, 2.45) is 5.92 Å². The van der Waals surface area contributed by atoms with Crippen molar-refractivity contribution in [1.82, 2.24) is 19.7 Å². The molecule has 0 saturated heterocycles. The number of nitrogens with one attached hydrogen (secondary N) is 1. The number of nitrogens with zero attached hydrogens (tertiary/aromatic N) is 4. The number of amides is 2. The molecule has 0 aliphatic rings. The number of carboxylic acid groups (broad SMARTS) is 1. The molecular weight excluding hydrogens is 534 g/mol. The van der Waals surface area contributed by atoms with Gasteiger partial charge < -0.3 is 15.2 Å². The van der Waals surface area contributed by atoms with E-state index in [1.807, 2.05) is 42.5 Å². The van der Waals surface area contributed by atoms with E-state index < -0.39 is 26.1 Å². The molecular formula is C31H41N5O4Si. The first-order chi connectivity index (χ1) is 19.5. The van der Waals surface area contributed by atoms with E-state index in [9.17, 15) is 14.7 Å². The second-order valence-electron chi connectivity index (χ2n) is 11.2. The van der Waals surface area contributed by atoms with E-state index >= 15 is 0 Å². The molecule has 0 aliphatic heterocycles. The first-order valence-electron chi connectivity index (χ1n) is 13.7. The molecule has 3 rings (SSSR count). The second-order valence-corrected chi connectivity index (χ2v) is 16.8. The minimum Gasteiger partial charge on any atom is -0.465 e. The van der Waals surface area contributed by atoms with Crippen LogP contribution in [0.15, 0.2) is 80.2 Å². The minimum atomic E-state index is -1.27. The Labute approximate surface area is 243 Å². The highest BCUT2D eigenvalue weighted by molar-refractivity contribution is 6.76. The third-order valence-corrected chi connectivity index (χ3v) is 8.38. The molecule has 0 bridgehead atoms. The Morgan fingerprint density at radius 1 is 1.20 bits per heavy atom. The fourth-order valence-electron chi connectivity index (χ4n) is 4.20. The third kappa shape index (κ3) is 8.99. The van der Waals surface area contributed by atoms with Crippen LogP contribution in [0, 0.1) is 5.92 Å². The summed E-state index contributed by atoms with van der Waals surface area (Å²) >= 11 is 0. The smallest absolute Gasteiger partial charge is 0.408 e. The molecule has 9 nitrogen and oxygen atoms in total. The summed E-state index contributed by atoms with van der Waals surface area (Å²) in [6.45, 7) is 17.2. The Kier molecular flexibility index (Phi) is 11.2. The molecule has 2 amide bonds. The van der Waals surface area contributed by atoms with Crippen molar-refractivity contribution >= 4 is 25.8 Å². The number of ether oxygens (including phenoxy) is 1. The van der Waals surface area contributed by atoms with Crippen LogP contribution >= 0.6 is 0 Å². The van der Waals surface area contributed by atoms with Gasteiger partial charge in [0.05, 0.1) is 35.2 Å². The Morgan fingerprint density at radius 2 is 1.93 bits per heavy atom. The van der Waals surface area contributed by atoms with Crippen LogP contribution in [0.25, 0.3) is 11.3 Å². The minimum absolute atomic E-state index is 0.199. The van der Waals surface area contributed by atoms with Gasteiger partial charge in [-0.25, -0.2) is 9.48 Å². The Balaban J connectivity index is 2.00. The van der Waals surface area contributed by atoms with E-state index in [2.05, 4.69) is 48.2 Å². The van der Waals surface area contributed by atoms with Crippen molar-refractivity contribution in [3.63, 3.8) is 0 Å². The molecule has 2 heterocycles. The number of aromatic nitrogens is 3. The van der Waals surface area contributed by atoms with Crippen molar-refractivity contribution in [3.05, 3.63) is 91.4 Å². The van der Waals surface area contributed by atoms with Crippen molar-refractivity contribution in [1.29, 1.82) is 0 Å². The zero-order valence-electron chi connectivity index (χ0n) is 24.4. The highest BCUT2D eigenvalue weighted by atomic mass is 28.3. The summed E-state index contributed by atoms with van der Waals surface area (Å²) in [5, 5.41) is 17.6. The van der Waals surface area contributed by atoms with Crippen LogP contribution < -0.4 is 5.32 Å². The molecule has 2 N–H and O–H groups in total. The van der Waals surface area contributed by atoms with Gasteiger partial charge in [-0.3, -0.25) is 14.7 Å². The molecule has 10 heteroatoms. The van der Waals surface area contributed by atoms with Crippen LogP contribution in [-0.4, -0.2) is 51.5 Å². The number of anilines is 1. The van der Waals surface area contributed by atoms with Crippen LogP contribution in [0.4, 0.5) is 10.5 Å². The summed E-state index contributed by atoms with van der Waals surface area (Å²) in [6.07, 6.45) is 5.83. The average molecular weight is 576 g/mol. The van der Waals surface area contributed by atoms with E-state index in [4.69, 9.17) is 4.74 Å². The van der Waals surface area contributed by atoms with Crippen LogP contribution in [-0.2, 0) is 22.8 Å². The van der Waals surface area contributed by atoms with Crippen LogP contribution in [0.2, 0.25) is 25.7 Å². The lowest BCUT2D eigenvalue weighted by atomic mass is 10.0. The first kappa shape index (κ1) is 31.5. The van der Waals surface area contributed by atoms with Crippen molar-refractivity contribution in [2.45, 2.75) is 58.3 Å². The number of pyridine rings is 1. The van der Waals surface area contributed by atoms with Gasteiger partial charge in [0.2, 0.25) is 5.91 Å². The summed E-state index contributed by atoms with van der Waals surface area (Å²) in [5.41, 5.74) is 3.32. The van der Waals surface area contributed by atoms with E-state index in [1.165, 1.54) is 4.90 Å². The highest BCUT2D eigenvalue weighted by Crippen LogP contribution is 2.33. The van der Waals surface area contributed by atoms with Gasteiger partial charge in [0.1, 0.15) is 6.73 Å². The third-order valence-electron chi connectivity index (χ3n) is 6.68. The summed E-state index contributed by atoms with van der Waals surface area (Å²) in [7, 11) is -1.27. The molecule has 2 aromatic heterocycles. The first-order valence-corrected chi connectivity index (χ1v) is 17.4. The van der Waals surface area contributed by atoms with Gasteiger partial charge in [-0.1, -0.05) is 69.0 Å². The van der Waals surface area contributed by atoms with Crippen molar-refractivity contribution < 1.29 is 19.4 Å². The molecule has 0 aliphatic carbocycles. The molecule has 0 saturated carbocycles. The zero-order chi connectivity index (χ0) is 30.0. The van der Waals surface area contributed by atoms with Crippen LogP contribution in [0.3, 0.4) is 0 Å². The molecule has 0 spiro atoms. The predicted octanol–water partition coefficient (Wildman–Crippen LogP) is 6.82. The monoisotopic (exact) mass is 575 g/mol. The van der Waals surface area contributed by atoms with Gasteiger partial charge in [-0.05, 0) is 30.2 Å². The summed E-state index contributed by atoms with van der Waals surface area (Å²) in [6, 6.07) is 13.5. The van der Waals surface area contributed by atoms with Gasteiger partial charge >= 0.3 is 6.09 Å². The summed E-state index contributed by atoms with van der Waals surface area (Å²) < 4.78 is 7.70. The maximum atomic E-state index is 12.8. The average Bonchev–Trinajstić information content (AvgIpc) is 3.34. The van der Waals surface area contributed by atoms with Gasteiger partial charge in [0.15, 0.2) is 0 Å². The fourth-order valence-corrected chi connectivity index (χ4v) is 4.95. The number of hydrogen-bond acceptors (Lipinski definition) is 5. The fraction of sp³-hybridized carbons (Fsp3) is 0.355. The Bertz CT molecular complexity index is 1340. The molecule has 3 aromatic rings. The maximum absolute atomic E-state index is 12.8. The maximum Gasteiger partial charge on any atom is 0.408 e. The molecule has 2 atom stereocenters. The van der Waals surface area contributed by atoms with Gasteiger partial charge in [-0.15, -0.1) is 13.2 Å². The van der Waals surface area contributed by atoms with Crippen molar-refractivity contribution in [3.8, 4) is 11.3 Å². The standard InChI is InChI=1S/C31H41N5O4Si/c1-7-12-28(35(31(38)39)21-24-13-10-9-11-14-24)26-19-25(15-16-32-26)29-27(34-30(37)23(3)8-2)20-33-36(29)22-40-17-18-41(4,5)6/h7-11,13-16,19-20,23,28H,1-2,12,17-18,21-22H2,3-6H3,(H,34,37)(H,38,39)/t23?,28-/m0/s1. The van der Waals surface area contributed by atoms with E-state index in [0.29, 0.717) is 30.1 Å². The zero-order valence-corrected chi connectivity index (χ0v) is 25.4. The lowest BCUT2D eigenvalue weighted by molar-refractivity contribution is -0.118. The molecule has 0 radical (unpaired) electrons. The molecule has 0 fully saturated rings. The van der Waals surface area contributed by atoms with Crippen LogP contribution in [0.1, 0.15) is 30.6 Å². The molecule has 218 valence electrons. The number of hydrogen-bond donors (Lipinski definition) is 2. The van der Waals surface area contributed by atoms with E-state index in [-0.39, 0.29) is 19.2 Å². The molecule has 1 aromatic carbocycles.